The van der Waals surface area contributed by atoms with Gasteiger partial charge in [0.2, 0.25) is 0 Å². The van der Waals surface area contributed by atoms with Crippen molar-refractivity contribution >= 4 is 5.96 Å². The predicted octanol–water partition coefficient (Wildman–Crippen LogP) is 3.51. The van der Waals surface area contributed by atoms with Crippen molar-refractivity contribution in [1.82, 2.24) is 10.6 Å². The third kappa shape index (κ3) is 5.01. The molecule has 6 heteroatoms. The molecule has 154 valence electrons. The molecular weight excluding hydrogens is 366 g/mol. The number of nitrogens with zero attached hydrogens (tertiary/aromatic N) is 1. The molecule has 29 heavy (non-hydrogen) atoms. The number of aliphatic imine (C=N–C) groups is 1. The SMILES string of the molecule is CN=C(NCCc1ccc(Oc2ccc(OC)cc2)cc1)NC1CC2CCC1O2. The van der Waals surface area contributed by atoms with Gasteiger partial charge in [-0.3, -0.25) is 4.99 Å². The zero-order valence-corrected chi connectivity index (χ0v) is 17.1. The van der Waals surface area contributed by atoms with Crippen LogP contribution in [-0.2, 0) is 11.2 Å². The van der Waals surface area contributed by atoms with E-state index in [0.717, 1.165) is 49.0 Å². The van der Waals surface area contributed by atoms with Crippen molar-refractivity contribution in [3.05, 3.63) is 54.1 Å². The molecule has 2 aromatic carbocycles. The maximum absolute atomic E-state index is 5.91. The summed E-state index contributed by atoms with van der Waals surface area (Å²) < 4.78 is 17.0. The van der Waals surface area contributed by atoms with Crippen LogP contribution in [0.5, 0.6) is 17.2 Å². The summed E-state index contributed by atoms with van der Waals surface area (Å²) in [5, 5.41) is 6.92. The molecule has 2 saturated heterocycles. The van der Waals surface area contributed by atoms with E-state index in [0.29, 0.717) is 18.2 Å². The van der Waals surface area contributed by atoms with Crippen molar-refractivity contribution < 1.29 is 14.2 Å². The smallest absolute Gasteiger partial charge is 0.191 e. The summed E-state index contributed by atoms with van der Waals surface area (Å²) in [6.07, 6.45) is 5.14. The predicted molar refractivity (Wildman–Crippen MR) is 114 cm³/mol. The van der Waals surface area contributed by atoms with E-state index in [1.807, 2.05) is 43.4 Å². The normalized spacial score (nSPS) is 23.1. The Hall–Kier alpha value is -2.73. The lowest BCUT2D eigenvalue weighted by atomic mass is 9.96. The molecule has 0 aliphatic carbocycles. The van der Waals surface area contributed by atoms with E-state index in [2.05, 4.69) is 27.8 Å². The second kappa shape index (κ2) is 9.18. The maximum Gasteiger partial charge on any atom is 0.191 e. The average molecular weight is 396 g/mol. The highest BCUT2D eigenvalue weighted by atomic mass is 16.5. The monoisotopic (exact) mass is 395 g/mol. The van der Waals surface area contributed by atoms with Gasteiger partial charge in [-0.1, -0.05) is 12.1 Å². The largest absolute Gasteiger partial charge is 0.497 e. The minimum Gasteiger partial charge on any atom is -0.497 e. The lowest BCUT2D eigenvalue weighted by molar-refractivity contribution is 0.0992. The standard InChI is InChI=1S/C23H29N3O3/c1-24-23(26-21-15-20-11-12-22(21)29-20)25-14-13-16-3-5-18(6-4-16)28-19-9-7-17(27-2)8-10-19/h3-10,20-22H,11-15H2,1-2H3,(H2,24,25,26). The van der Waals surface area contributed by atoms with Gasteiger partial charge in [0.1, 0.15) is 17.2 Å². The van der Waals surface area contributed by atoms with E-state index >= 15 is 0 Å². The number of rotatable bonds is 7. The fourth-order valence-electron chi connectivity index (χ4n) is 3.99. The van der Waals surface area contributed by atoms with Gasteiger partial charge < -0.3 is 24.8 Å². The topological polar surface area (TPSA) is 64.1 Å². The molecule has 2 heterocycles. The van der Waals surface area contributed by atoms with Gasteiger partial charge in [-0.2, -0.15) is 0 Å². The number of nitrogens with one attached hydrogen (secondary N) is 2. The quantitative estimate of drug-likeness (QED) is 0.555. The van der Waals surface area contributed by atoms with E-state index < -0.39 is 0 Å². The van der Waals surface area contributed by atoms with Crippen LogP contribution in [0.25, 0.3) is 0 Å². The Morgan fingerprint density at radius 1 is 1.03 bits per heavy atom. The van der Waals surface area contributed by atoms with E-state index in [9.17, 15) is 0 Å². The molecule has 2 aliphatic rings. The molecule has 3 unspecified atom stereocenters. The van der Waals surface area contributed by atoms with E-state index in [1.54, 1.807) is 7.11 Å². The summed E-state index contributed by atoms with van der Waals surface area (Å²) in [6, 6.07) is 16.2. The molecule has 0 saturated carbocycles. The molecular formula is C23H29N3O3. The summed E-state index contributed by atoms with van der Waals surface area (Å²) in [5.41, 5.74) is 1.25. The Bertz CT molecular complexity index is 820. The molecule has 2 aromatic rings. The Morgan fingerprint density at radius 3 is 2.31 bits per heavy atom. The molecule has 2 fully saturated rings. The Morgan fingerprint density at radius 2 is 1.72 bits per heavy atom. The minimum absolute atomic E-state index is 0.344. The van der Waals surface area contributed by atoms with Gasteiger partial charge in [0.05, 0.1) is 25.4 Å². The highest BCUT2D eigenvalue weighted by Crippen LogP contribution is 2.34. The third-order valence-electron chi connectivity index (χ3n) is 5.58. The molecule has 2 bridgehead atoms. The van der Waals surface area contributed by atoms with Gasteiger partial charge in [-0.15, -0.1) is 0 Å². The van der Waals surface area contributed by atoms with Crippen molar-refractivity contribution in [2.24, 2.45) is 4.99 Å². The first-order valence-corrected chi connectivity index (χ1v) is 10.3. The first kappa shape index (κ1) is 19.6. The molecule has 6 nitrogen and oxygen atoms in total. The highest BCUT2D eigenvalue weighted by Gasteiger charge is 2.41. The first-order chi connectivity index (χ1) is 14.2. The third-order valence-corrected chi connectivity index (χ3v) is 5.58. The van der Waals surface area contributed by atoms with Crippen molar-refractivity contribution in [3.8, 4) is 17.2 Å². The number of guanidine groups is 1. The van der Waals surface area contributed by atoms with E-state index in [4.69, 9.17) is 14.2 Å². The van der Waals surface area contributed by atoms with Crippen LogP contribution in [0.3, 0.4) is 0 Å². The van der Waals surface area contributed by atoms with Crippen molar-refractivity contribution in [1.29, 1.82) is 0 Å². The fraction of sp³-hybridized carbons (Fsp3) is 0.435. The molecule has 3 atom stereocenters. The minimum atomic E-state index is 0.344. The van der Waals surface area contributed by atoms with Gasteiger partial charge in [0.25, 0.3) is 0 Å². The number of fused-ring (bicyclic) bond motifs is 2. The zero-order chi connectivity index (χ0) is 20.1. The van der Waals surface area contributed by atoms with Crippen LogP contribution >= 0.6 is 0 Å². The number of hydrogen-bond donors (Lipinski definition) is 2. The second-order valence-corrected chi connectivity index (χ2v) is 7.53. The molecule has 0 radical (unpaired) electrons. The molecule has 0 aromatic heterocycles. The lowest BCUT2D eigenvalue weighted by Gasteiger charge is -2.22. The van der Waals surface area contributed by atoms with Gasteiger partial charge in [-0.25, -0.2) is 0 Å². The molecule has 2 N–H and O–H groups in total. The van der Waals surface area contributed by atoms with Gasteiger partial charge in [0, 0.05) is 13.6 Å². The van der Waals surface area contributed by atoms with Crippen LogP contribution in [0.4, 0.5) is 0 Å². The number of ether oxygens (including phenoxy) is 3. The molecule has 0 spiro atoms. The summed E-state index contributed by atoms with van der Waals surface area (Å²) >= 11 is 0. The van der Waals surface area contributed by atoms with Crippen molar-refractivity contribution in [2.45, 2.75) is 43.9 Å². The Balaban J connectivity index is 1.22. The second-order valence-electron chi connectivity index (χ2n) is 7.53. The van der Waals surface area contributed by atoms with E-state index in [-0.39, 0.29) is 0 Å². The molecule has 4 rings (SSSR count). The molecule has 2 aliphatic heterocycles. The fourth-order valence-corrected chi connectivity index (χ4v) is 3.99. The zero-order valence-electron chi connectivity index (χ0n) is 17.1. The van der Waals surface area contributed by atoms with E-state index in [1.165, 1.54) is 12.0 Å². The maximum atomic E-state index is 5.91. The summed E-state index contributed by atoms with van der Waals surface area (Å²) in [7, 11) is 3.47. The van der Waals surface area contributed by atoms with Crippen LogP contribution in [0.1, 0.15) is 24.8 Å². The van der Waals surface area contributed by atoms with Crippen LogP contribution in [-0.4, -0.2) is 44.9 Å². The molecule has 0 amide bonds. The van der Waals surface area contributed by atoms with Crippen molar-refractivity contribution in [3.63, 3.8) is 0 Å². The van der Waals surface area contributed by atoms with Crippen LogP contribution in [0.15, 0.2) is 53.5 Å². The summed E-state index contributed by atoms with van der Waals surface area (Å²) in [5.74, 6) is 3.28. The van der Waals surface area contributed by atoms with Crippen LogP contribution < -0.4 is 20.1 Å². The average Bonchev–Trinajstić information content (AvgIpc) is 3.38. The van der Waals surface area contributed by atoms with Crippen LogP contribution in [0.2, 0.25) is 0 Å². The Labute approximate surface area is 172 Å². The lowest BCUT2D eigenvalue weighted by Crippen LogP contribution is -2.47. The Kier molecular flexibility index (Phi) is 6.20. The number of hydrogen-bond acceptors (Lipinski definition) is 4. The van der Waals surface area contributed by atoms with Crippen LogP contribution in [0, 0.1) is 0 Å². The van der Waals surface area contributed by atoms with Gasteiger partial charge >= 0.3 is 0 Å². The highest BCUT2D eigenvalue weighted by molar-refractivity contribution is 5.80. The summed E-state index contributed by atoms with van der Waals surface area (Å²) in [4.78, 5) is 4.35. The summed E-state index contributed by atoms with van der Waals surface area (Å²) in [6.45, 7) is 0.819. The number of methoxy groups -OCH3 is 1. The van der Waals surface area contributed by atoms with Crippen molar-refractivity contribution in [2.75, 3.05) is 20.7 Å². The van der Waals surface area contributed by atoms with Gasteiger partial charge in [-0.05, 0) is 67.6 Å². The van der Waals surface area contributed by atoms with Gasteiger partial charge in [0.15, 0.2) is 5.96 Å². The number of benzene rings is 2. The first-order valence-electron chi connectivity index (χ1n) is 10.3.